The van der Waals surface area contributed by atoms with Crippen LogP contribution in [0.1, 0.15) is 34.6 Å². The molecule has 0 saturated heterocycles. The van der Waals surface area contributed by atoms with E-state index in [9.17, 15) is 0 Å². The Hall–Kier alpha value is -0.703. The second kappa shape index (κ2) is 8.55. The highest BCUT2D eigenvalue weighted by atomic mass is 28.4. The Morgan fingerprint density at radius 3 is 1.60 bits per heavy atom. The number of rotatable bonds is 9. The van der Waals surface area contributed by atoms with Gasteiger partial charge in [-0.25, -0.2) is 0 Å². The zero-order valence-corrected chi connectivity index (χ0v) is 14.2. The van der Waals surface area contributed by atoms with Gasteiger partial charge in [0.25, 0.3) is 0 Å². The molecule has 0 aromatic rings. The van der Waals surface area contributed by atoms with E-state index in [0.29, 0.717) is 31.1 Å². The molecule has 0 unspecified atom stereocenters. The third kappa shape index (κ3) is 3.91. The van der Waals surface area contributed by atoms with Gasteiger partial charge in [0.05, 0.1) is 0 Å². The van der Waals surface area contributed by atoms with Gasteiger partial charge in [0.15, 0.2) is 5.29 Å². The molecular weight excluding hydrogens is 274 g/mol. The van der Waals surface area contributed by atoms with Gasteiger partial charge >= 0.3 is 8.80 Å². The fourth-order valence-corrected chi connectivity index (χ4v) is 4.74. The third-order valence-electron chi connectivity index (χ3n) is 2.87. The molecular formula is C13H29N3O3Si. The van der Waals surface area contributed by atoms with Crippen LogP contribution in [-0.4, -0.2) is 33.9 Å². The van der Waals surface area contributed by atoms with Crippen molar-refractivity contribution in [1.82, 2.24) is 0 Å². The Labute approximate surface area is 123 Å². The van der Waals surface area contributed by atoms with Crippen molar-refractivity contribution >= 4 is 8.80 Å². The summed E-state index contributed by atoms with van der Waals surface area (Å²) in [6.45, 7) is 10.4. The third-order valence-corrected chi connectivity index (χ3v) is 6.15. The van der Waals surface area contributed by atoms with Crippen molar-refractivity contribution in [3.8, 4) is 0 Å². The number of hydrogen-bond donors (Lipinski definition) is 3. The topological polar surface area (TPSA) is 106 Å². The quantitative estimate of drug-likeness (QED) is 0.333. The summed E-state index contributed by atoms with van der Waals surface area (Å²) in [5, 5.41) is -1.40. The molecule has 0 aliphatic heterocycles. The van der Waals surface area contributed by atoms with Crippen molar-refractivity contribution in [2.75, 3.05) is 19.8 Å². The van der Waals surface area contributed by atoms with E-state index in [0.717, 1.165) is 0 Å². The van der Waals surface area contributed by atoms with E-state index in [1.807, 2.05) is 34.6 Å². The van der Waals surface area contributed by atoms with Crippen LogP contribution in [0.25, 0.3) is 0 Å². The predicted molar refractivity (Wildman–Crippen MR) is 83.4 cm³/mol. The highest BCUT2D eigenvalue weighted by Gasteiger charge is 2.59. The molecule has 118 valence electrons. The first-order chi connectivity index (χ1) is 9.36. The van der Waals surface area contributed by atoms with Gasteiger partial charge in [-0.1, -0.05) is 12.2 Å². The molecule has 0 aromatic heterocycles. The first-order valence-corrected chi connectivity index (χ1v) is 8.67. The lowest BCUT2D eigenvalue weighted by Gasteiger charge is -2.41. The fraction of sp³-hybridized carbons (Fsp3) is 0.692. The van der Waals surface area contributed by atoms with Crippen molar-refractivity contribution in [1.29, 1.82) is 0 Å². The Kier molecular flexibility index (Phi) is 8.25. The summed E-state index contributed by atoms with van der Waals surface area (Å²) in [5.74, 6) is 0. The molecule has 0 radical (unpaired) electrons. The lowest BCUT2D eigenvalue weighted by atomic mass is 10.1. The van der Waals surface area contributed by atoms with Gasteiger partial charge in [0.1, 0.15) is 0 Å². The zero-order valence-electron chi connectivity index (χ0n) is 13.2. The van der Waals surface area contributed by atoms with E-state index in [-0.39, 0.29) is 0 Å². The second-order valence-corrected chi connectivity index (χ2v) is 6.98. The zero-order chi connectivity index (χ0) is 15.8. The maximum Gasteiger partial charge on any atom is 0.542 e. The van der Waals surface area contributed by atoms with Crippen molar-refractivity contribution in [3.05, 3.63) is 23.4 Å². The molecule has 20 heavy (non-hydrogen) atoms. The van der Waals surface area contributed by atoms with Crippen molar-refractivity contribution in [2.45, 2.75) is 39.9 Å². The number of hydrogen-bond acceptors (Lipinski definition) is 6. The Morgan fingerprint density at radius 1 is 0.950 bits per heavy atom. The van der Waals surface area contributed by atoms with Crippen LogP contribution >= 0.6 is 0 Å². The van der Waals surface area contributed by atoms with Crippen LogP contribution < -0.4 is 17.2 Å². The van der Waals surface area contributed by atoms with Crippen LogP contribution in [0, 0.1) is 0 Å². The van der Waals surface area contributed by atoms with Crippen molar-refractivity contribution in [2.24, 2.45) is 17.2 Å². The van der Waals surface area contributed by atoms with Crippen LogP contribution in [0.3, 0.4) is 0 Å². The van der Waals surface area contributed by atoms with E-state index in [1.165, 1.54) is 0 Å². The first-order valence-electron chi connectivity index (χ1n) is 6.95. The van der Waals surface area contributed by atoms with E-state index >= 15 is 0 Å². The molecule has 0 fully saturated rings. The van der Waals surface area contributed by atoms with Gasteiger partial charge in [0.2, 0.25) is 0 Å². The lowest BCUT2D eigenvalue weighted by Crippen LogP contribution is -2.76. The van der Waals surface area contributed by atoms with Crippen molar-refractivity contribution in [3.63, 3.8) is 0 Å². The molecule has 0 aliphatic rings. The molecule has 7 heteroatoms. The van der Waals surface area contributed by atoms with Crippen LogP contribution in [0.5, 0.6) is 0 Å². The fourth-order valence-electron chi connectivity index (χ4n) is 2.02. The van der Waals surface area contributed by atoms with E-state index in [1.54, 1.807) is 12.2 Å². The SMILES string of the molecule is CC=C(N)C(=CC)C(N)(N)[Si](OCC)(OCC)OCC. The number of nitrogens with two attached hydrogens (primary N) is 3. The molecule has 6 nitrogen and oxygen atoms in total. The van der Waals surface area contributed by atoms with Crippen LogP contribution in [0.4, 0.5) is 0 Å². The smallest absolute Gasteiger partial charge is 0.399 e. The monoisotopic (exact) mass is 303 g/mol. The van der Waals surface area contributed by atoms with Gasteiger partial charge in [0, 0.05) is 31.1 Å². The summed E-state index contributed by atoms with van der Waals surface area (Å²) in [5.41, 5.74) is 19.8. The van der Waals surface area contributed by atoms with Crippen LogP contribution in [-0.2, 0) is 13.3 Å². The normalized spacial score (nSPS) is 14.8. The van der Waals surface area contributed by atoms with Crippen LogP contribution in [0.15, 0.2) is 23.4 Å². The molecule has 0 rings (SSSR count). The van der Waals surface area contributed by atoms with E-state index in [2.05, 4.69) is 0 Å². The minimum absolute atomic E-state index is 0.398. The Bertz CT molecular complexity index is 340. The van der Waals surface area contributed by atoms with Gasteiger partial charge in [-0.2, -0.15) is 0 Å². The summed E-state index contributed by atoms with van der Waals surface area (Å²) < 4.78 is 17.3. The maximum absolute atomic E-state index is 6.36. The molecule has 0 aromatic carbocycles. The first kappa shape index (κ1) is 19.3. The summed E-state index contributed by atoms with van der Waals surface area (Å²) in [6.07, 6.45) is 3.51. The molecule has 0 atom stereocenters. The van der Waals surface area contributed by atoms with Gasteiger partial charge in [-0.15, -0.1) is 0 Å². The molecule has 0 bridgehead atoms. The average molecular weight is 303 g/mol. The van der Waals surface area contributed by atoms with Gasteiger partial charge < -0.3 is 30.5 Å². The molecule has 0 amide bonds. The van der Waals surface area contributed by atoms with Gasteiger partial charge in [-0.3, -0.25) is 0 Å². The lowest BCUT2D eigenvalue weighted by molar-refractivity contribution is 0.0516. The Morgan fingerprint density at radius 2 is 1.35 bits per heavy atom. The molecule has 0 spiro atoms. The highest BCUT2D eigenvalue weighted by Crippen LogP contribution is 2.28. The Balaban J connectivity index is 5.83. The standard InChI is InChI=1S/C13H29N3O3Si/c1-6-11(12(14)7-2)13(15,16)20(17-8-3,18-9-4)19-10-5/h6-7H,8-10,14-16H2,1-5H3. The van der Waals surface area contributed by atoms with Gasteiger partial charge in [-0.05, 0) is 34.6 Å². The van der Waals surface area contributed by atoms with Crippen molar-refractivity contribution < 1.29 is 13.3 Å². The molecule has 0 saturated carbocycles. The van der Waals surface area contributed by atoms with E-state index < -0.39 is 14.1 Å². The molecule has 6 N–H and O–H groups in total. The minimum Gasteiger partial charge on any atom is -0.399 e. The summed E-state index contributed by atoms with van der Waals surface area (Å²) in [7, 11) is -3.32. The predicted octanol–water partition coefficient (Wildman–Crippen LogP) is 0.997. The molecule has 0 heterocycles. The second-order valence-electron chi connectivity index (χ2n) is 4.17. The highest BCUT2D eigenvalue weighted by molar-refractivity contribution is 6.65. The van der Waals surface area contributed by atoms with E-state index in [4.69, 9.17) is 30.5 Å². The summed E-state index contributed by atoms with van der Waals surface area (Å²) >= 11 is 0. The minimum atomic E-state index is -3.32. The average Bonchev–Trinajstić information content (AvgIpc) is 2.39. The maximum atomic E-state index is 6.36. The molecule has 0 aliphatic carbocycles. The summed E-state index contributed by atoms with van der Waals surface area (Å²) in [6, 6.07) is 0. The largest absolute Gasteiger partial charge is 0.542 e. The summed E-state index contributed by atoms with van der Waals surface area (Å²) in [4.78, 5) is 0. The number of allylic oxidation sites excluding steroid dienone is 2. The van der Waals surface area contributed by atoms with Crippen LogP contribution in [0.2, 0.25) is 0 Å².